The van der Waals surface area contributed by atoms with Crippen molar-refractivity contribution in [2.45, 2.75) is 39.8 Å². The van der Waals surface area contributed by atoms with Crippen LogP contribution in [-0.4, -0.2) is 27.9 Å². The molecule has 23 heavy (non-hydrogen) atoms. The Morgan fingerprint density at radius 3 is 2.70 bits per heavy atom. The first kappa shape index (κ1) is 16.8. The van der Waals surface area contributed by atoms with Gasteiger partial charge in [0.1, 0.15) is 12.1 Å². The number of rotatable bonds is 5. The van der Waals surface area contributed by atoms with E-state index in [2.05, 4.69) is 20.8 Å². The summed E-state index contributed by atoms with van der Waals surface area (Å²) >= 11 is 0. The molecule has 7 nitrogen and oxygen atoms in total. The van der Waals surface area contributed by atoms with Crippen molar-refractivity contribution in [3.05, 3.63) is 35.9 Å². The molecule has 2 amide bonds. The van der Waals surface area contributed by atoms with Gasteiger partial charge in [-0.15, -0.1) is 10.2 Å². The lowest BCUT2D eigenvalue weighted by Gasteiger charge is -2.18. The van der Waals surface area contributed by atoms with Crippen LogP contribution in [0.2, 0.25) is 0 Å². The summed E-state index contributed by atoms with van der Waals surface area (Å²) in [5, 5.41) is 13.7. The van der Waals surface area contributed by atoms with Crippen LogP contribution in [0.1, 0.15) is 44.2 Å². The minimum Gasteiger partial charge on any atom is -0.495 e. The van der Waals surface area contributed by atoms with Crippen molar-refractivity contribution in [1.82, 2.24) is 20.1 Å². The van der Waals surface area contributed by atoms with Crippen LogP contribution in [0.5, 0.6) is 5.75 Å². The number of methoxy groups -OCH3 is 1. The molecule has 1 heterocycles. The molecule has 0 unspecified atom stereocenters. The third-order valence-electron chi connectivity index (χ3n) is 3.59. The molecule has 0 aliphatic rings. The SMILES string of the molecule is COc1cccc(C)c1NC(=O)N[C@H](C)c1nncn1C(C)C. The smallest absolute Gasteiger partial charge is 0.319 e. The van der Waals surface area contributed by atoms with Crippen LogP contribution >= 0.6 is 0 Å². The Bertz CT molecular complexity index is 681. The second kappa shape index (κ2) is 7.13. The lowest BCUT2D eigenvalue weighted by atomic mass is 10.2. The summed E-state index contributed by atoms with van der Waals surface area (Å²) in [6.07, 6.45) is 1.67. The van der Waals surface area contributed by atoms with Crippen LogP contribution in [0.25, 0.3) is 0 Å². The van der Waals surface area contributed by atoms with Crippen molar-refractivity contribution in [1.29, 1.82) is 0 Å². The Morgan fingerprint density at radius 2 is 2.04 bits per heavy atom. The second-order valence-corrected chi connectivity index (χ2v) is 5.66. The second-order valence-electron chi connectivity index (χ2n) is 5.66. The van der Waals surface area contributed by atoms with Gasteiger partial charge in [-0.25, -0.2) is 4.79 Å². The molecule has 0 saturated carbocycles. The molecule has 0 aliphatic carbocycles. The number of benzene rings is 1. The van der Waals surface area contributed by atoms with Crippen LogP contribution in [-0.2, 0) is 0 Å². The van der Waals surface area contributed by atoms with Crippen LogP contribution in [0.3, 0.4) is 0 Å². The van der Waals surface area contributed by atoms with Gasteiger partial charge in [-0.05, 0) is 39.3 Å². The van der Waals surface area contributed by atoms with Crippen molar-refractivity contribution in [2.24, 2.45) is 0 Å². The first-order valence-corrected chi connectivity index (χ1v) is 7.54. The molecule has 124 valence electrons. The van der Waals surface area contributed by atoms with Crippen molar-refractivity contribution in [3.8, 4) is 5.75 Å². The molecule has 0 saturated heterocycles. The van der Waals surface area contributed by atoms with Gasteiger partial charge in [0.05, 0.1) is 18.8 Å². The van der Waals surface area contributed by atoms with E-state index in [1.54, 1.807) is 19.5 Å². The fraction of sp³-hybridized carbons (Fsp3) is 0.438. The third-order valence-corrected chi connectivity index (χ3v) is 3.59. The lowest BCUT2D eigenvalue weighted by Crippen LogP contribution is -2.33. The van der Waals surface area contributed by atoms with Gasteiger partial charge < -0.3 is 19.9 Å². The van der Waals surface area contributed by atoms with Crippen LogP contribution in [0.4, 0.5) is 10.5 Å². The number of hydrogen-bond acceptors (Lipinski definition) is 4. The molecule has 1 aromatic carbocycles. The Balaban J connectivity index is 2.09. The summed E-state index contributed by atoms with van der Waals surface area (Å²) < 4.78 is 7.22. The zero-order valence-electron chi connectivity index (χ0n) is 14.1. The highest BCUT2D eigenvalue weighted by atomic mass is 16.5. The fourth-order valence-electron chi connectivity index (χ4n) is 2.34. The molecular formula is C16H23N5O2. The number of amides is 2. The average molecular weight is 317 g/mol. The van der Waals surface area contributed by atoms with E-state index in [0.717, 1.165) is 5.56 Å². The number of ether oxygens (including phenoxy) is 1. The highest BCUT2D eigenvalue weighted by Gasteiger charge is 2.18. The van der Waals surface area contributed by atoms with Gasteiger partial charge in [-0.3, -0.25) is 0 Å². The molecule has 2 N–H and O–H groups in total. The predicted molar refractivity (Wildman–Crippen MR) is 88.7 cm³/mol. The molecule has 1 atom stereocenters. The molecule has 1 aromatic heterocycles. The number of carbonyl (C=O) groups excluding carboxylic acids is 1. The minimum atomic E-state index is -0.316. The maximum atomic E-state index is 12.3. The van der Waals surface area contributed by atoms with Gasteiger partial charge in [0, 0.05) is 6.04 Å². The number of nitrogens with one attached hydrogen (secondary N) is 2. The van der Waals surface area contributed by atoms with Crippen LogP contribution in [0, 0.1) is 6.92 Å². The Kier molecular flexibility index (Phi) is 5.20. The van der Waals surface area contributed by atoms with Gasteiger partial charge in [0.2, 0.25) is 0 Å². The number of anilines is 1. The number of para-hydroxylation sites is 1. The minimum absolute atomic E-state index is 0.226. The topological polar surface area (TPSA) is 81.1 Å². The molecule has 0 spiro atoms. The van der Waals surface area contributed by atoms with Crippen molar-refractivity contribution in [2.75, 3.05) is 12.4 Å². The van der Waals surface area contributed by atoms with E-state index in [1.807, 2.05) is 44.4 Å². The standard InChI is InChI=1S/C16H23N5O2/c1-10(2)21-9-17-20-15(21)12(4)18-16(22)19-14-11(3)7-6-8-13(14)23-5/h6-10,12H,1-5H3,(H2,18,19,22)/t12-/m1/s1. The van der Waals surface area contributed by atoms with E-state index in [0.29, 0.717) is 17.3 Å². The Morgan fingerprint density at radius 1 is 1.30 bits per heavy atom. The van der Waals surface area contributed by atoms with E-state index < -0.39 is 0 Å². The summed E-state index contributed by atoms with van der Waals surface area (Å²) in [6, 6.07) is 5.24. The molecule has 0 fully saturated rings. The van der Waals surface area contributed by atoms with E-state index in [4.69, 9.17) is 4.74 Å². The molecule has 7 heteroatoms. The molecule has 2 rings (SSSR count). The highest BCUT2D eigenvalue weighted by Crippen LogP contribution is 2.27. The normalized spacial score (nSPS) is 12.1. The van der Waals surface area contributed by atoms with Gasteiger partial charge in [-0.1, -0.05) is 12.1 Å². The van der Waals surface area contributed by atoms with E-state index in [9.17, 15) is 4.79 Å². The van der Waals surface area contributed by atoms with Gasteiger partial charge in [0.25, 0.3) is 0 Å². The van der Waals surface area contributed by atoms with Gasteiger partial charge in [0.15, 0.2) is 5.82 Å². The summed E-state index contributed by atoms with van der Waals surface area (Å²) in [6.45, 7) is 7.87. The summed E-state index contributed by atoms with van der Waals surface area (Å²) in [5.74, 6) is 1.34. The van der Waals surface area contributed by atoms with Gasteiger partial charge >= 0.3 is 6.03 Å². The zero-order valence-corrected chi connectivity index (χ0v) is 14.1. The molecule has 0 aliphatic heterocycles. The Hall–Kier alpha value is -2.57. The largest absolute Gasteiger partial charge is 0.495 e. The Labute approximate surface area is 136 Å². The summed E-state index contributed by atoms with van der Waals surface area (Å²) in [5.41, 5.74) is 1.59. The third kappa shape index (κ3) is 3.80. The monoisotopic (exact) mass is 317 g/mol. The number of hydrogen-bond donors (Lipinski definition) is 2. The maximum absolute atomic E-state index is 12.3. The molecule has 0 radical (unpaired) electrons. The van der Waals surface area contributed by atoms with Crippen LogP contribution in [0.15, 0.2) is 24.5 Å². The van der Waals surface area contributed by atoms with E-state index in [-0.39, 0.29) is 18.1 Å². The first-order valence-electron chi connectivity index (χ1n) is 7.54. The fourth-order valence-corrected chi connectivity index (χ4v) is 2.34. The van der Waals surface area contributed by atoms with Crippen molar-refractivity contribution >= 4 is 11.7 Å². The van der Waals surface area contributed by atoms with Gasteiger partial charge in [-0.2, -0.15) is 0 Å². The summed E-state index contributed by atoms with van der Waals surface area (Å²) in [4.78, 5) is 12.3. The number of carbonyl (C=O) groups is 1. The van der Waals surface area contributed by atoms with E-state index in [1.165, 1.54) is 0 Å². The summed E-state index contributed by atoms with van der Waals surface area (Å²) in [7, 11) is 1.57. The zero-order chi connectivity index (χ0) is 17.0. The molecule has 2 aromatic rings. The molecular weight excluding hydrogens is 294 g/mol. The molecule has 0 bridgehead atoms. The van der Waals surface area contributed by atoms with Crippen molar-refractivity contribution < 1.29 is 9.53 Å². The first-order chi connectivity index (χ1) is 10.9. The van der Waals surface area contributed by atoms with Crippen molar-refractivity contribution in [3.63, 3.8) is 0 Å². The number of aryl methyl sites for hydroxylation is 1. The quantitative estimate of drug-likeness (QED) is 0.888. The lowest BCUT2D eigenvalue weighted by molar-refractivity contribution is 0.248. The predicted octanol–water partition coefficient (Wildman–Crippen LogP) is 3.06. The van der Waals surface area contributed by atoms with E-state index >= 15 is 0 Å². The maximum Gasteiger partial charge on any atom is 0.319 e. The number of nitrogens with zero attached hydrogens (tertiary/aromatic N) is 3. The number of urea groups is 1. The van der Waals surface area contributed by atoms with Crippen LogP contribution < -0.4 is 15.4 Å². The number of aromatic nitrogens is 3. The highest BCUT2D eigenvalue weighted by molar-refractivity contribution is 5.92. The average Bonchev–Trinajstić information content (AvgIpc) is 2.99.